The minimum absolute atomic E-state index is 0.0854. The van der Waals surface area contributed by atoms with Gasteiger partial charge >= 0.3 is 0 Å². The molecule has 3 rings (SSSR count). The number of carbonyl (C=O) groups is 6. The maximum atomic E-state index is 13.6. The molecule has 254 valence electrons. The van der Waals surface area contributed by atoms with Gasteiger partial charge in [0, 0.05) is 13.0 Å². The number of aromatic hydroxyl groups is 1. The zero-order valence-corrected chi connectivity index (χ0v) is 27.1. The third kappa shape index (κ3) is 11.9. The molecule has 4 atom stereocenters. The zero-order valence-electron chi connectivity index (χ0n) is 26.3. The Morgan fingerprint density at radius 1 is 0.872 bits per heavy atom. The molecular formula is C32H43N7O7S. The summed E-state index contributed by atoms with van der Waals surface area (Å²) in [7, 11) is 0. The third-order valence-corrected chi connectivity index (χ3v) is 8.27. The summed E-state index contributed by atoms with van der Waals surface area (Å²) >= 11 is 1.50. The van der Waals surface area contributed by atoms with Gasteiger partial charge in [-0.15, -0.1) is 0 Å². The van der Waals surface area contributed by atoms with E-state index in [9.17, 15) is 33.9 Å². The molecule has 1 heterocycles. The van der Waals surface area contributed by atoms with Crippen molar-refractivity contribution in [3.63, 3.8) is 0 Å². The van der Waals surface area contributed by atoms with Crippen molar-refractivity contribution in [1.82, 2.24) is 26.2 Å². The highest BCUT2D eigenvalue weighted by Crippen LogP contribution is 2.19. The van der Waals surface area contributed by atoms with E-state index >= 15 is 0 Å². The molecule has 0 saturated carbocycles. The fourth-order valence-corrected chi connectivity index (χ4v) is 5.59. The number of nitrogens with zero attached hydrogens (tertiary/aromatic N) is 1. The highest BCUT2D eigenvalue weighted by Gasteiger charge is 2.37. The van der Waals surface area contributed by atoms with E-state index in [1.807, 2.05) is 12.3 Å². The number of hydrogen-bond acceptors (Lipinski definition) is 9. The van der Waals surface area contributed by atoms with Gasteiger partial charge in [-0.25, -0.2) is 0 Å². The van der Waals surface area contributed by atoms with Crippen molar-refractivity contribution < 1.29 is 33.9 Å². The number of benzene rings is 2. The molecule has 9 N–H and O–H groups in total. The van der Waals surface area contributed by atoms with E-state index in [-0.39, 0.29) is 18.6 Å². The smallest absolute Gasteiger partial charge is 0.245 e. The van der Waals surface area contributed by atoms with Gasteiger partial charge < -0.3 is 42.7 Å². The monoisotopic (exact) mass is 669 g/mol. The summed E-state index contributed by atoms with van der Waals surface area (Å²) in [6.07, 6.45) is 3.55. The van der Waals surface area contributed by atoms with Gasteiger partial charge in [-0.1, -0.05) is 42.5 Å². The maximum Gasteiger partial charge on any atom is 0.245 e. The number of nitrogens with two attached hydrogens (primary N) is 2. The first kappa shape index (κ1) is 36.8. The number of rotatable bonds is 17. The number of amides is 6. The molecule has 1 saturated heterocycles. The Hall–Kier alpha value is -4.63. The predicted molar refractivity (Wildman–Crippen MR) is 177 cm³/mol. The Morgan fingerprint density at radius 3 is 2.19 bits per heavy atom. The van der Waals surface area contributed by atoms with E-state index < -0.39 is 72.7 Å². The summed E-state index contributed by atoms with van der Waals surface area (Å²) in [5, 5.41) is 19.6. The number of nitrogens with one attached hydrogen (secondary N) is 4. The molecule has 47 heavy (non-hydrogen) atoms. The lowest BCUT2D eigenvalue weighted by Gasteiger charge is -2.29. The molecular weight excluding hydrogens is 626 g/mol. The van der Waals surface area contributed by atoms with Crippen LogP contribution in [0.4, 0.5) is 0 Å². The zero-order chi connectivity index (χ0) is 34.3. The number of thioether (sulfide) groups is 1. The molecule has 2 aromatic carbocycles. The molecule has 0 radical (unpaired) electrons. The summed E-state index contributed by atoms with van der Waals surface area (Å²) in [6.45, 7) is -0.548. The van der Waals surface area contributed by atoms with Crippen LogP contribution in [-0.2, 0) is 41.6 Å². The second-order valence-electron chi connectivity index (χ2n) is 11.2. The largest absolute Gasteiger partial charge is 0.508 e. The normalized spacial score (nSPS) is 16.0. The quantitative estimate of drug-likeness (QED) is 0.109. The van der Waals surface area contributed by atoms with E-state index in [0.717, 1.165) is 11.1 Å². The minimum Gasteiger partial charge on any atom is -0.508 e. The lowest BCUT2D eigenvalue weighted by atomic mass is 10.0. The van der Waals surface area contributed by atoms with Crippen molar-refractivity contribution in [1.29, 1.82) is 0 Å². The van der Waals surface area contributed by atoms with E-state index in [0.29, 0.717) is 31.6 Å². The Morgan fingerprint density at radius 2 is 1.53 bits per heavy atom. The van der Waals surface area contributed by atoms with Crippen LogP contribution < -0.4 is 32.7 Å². The van der Waals surface area contributed by atoms with Crippen molar-refractivity contribution in [2.75, 3.05) is 31.6 Å². The van der Waals surface area contributed by atoms with Crippen molar-refractivity contribution in [2.24, 2.45) is 11.5 Å². The highest BCUT2D eigenvalue weighted by molar-refractivity contribution is 7.98. The van der Waals surface area contributed by atoms with Gasteiger partial charge in [0.25, 0.3) is 0 Å². The van der Waals surface area contributed by atoms with Crippen LogP contribution >= 0.6 is 11.8 Å². The van der Waals surface area contributed by atoms with Gasteiger partial charge in [0.2, 0.25) is 35.4 Å². The van der Waals surface area contributed by atoms with Crippen LogP contribution in [0.2, 0.25) is 0 Å². The predicted octanol–water partition coefficient (Wildman–Crippen LogP) is -1.06. The number of carbonyl (C=O) groups excluding carboxylic acids is 6. The van der Waals surface area contributed by atoms with Crippen LogP contribution in [0.15, 0.2) is 54.6 Å². The van der Waals surface area contributed by atoms with Crippen LogP contribution in [0.5, 0.6) is 5.75 Å². The topological polar surface area (TPSA) is 226 Å². The molecule has 1 fully saturated rings. The van der Waals surface area contributed by atoms with E-state index in [2.05, 4.69) is 21.3 Å². The SMILES string of the molecule is CSCC[C@H](NC(=O)[C@H](Cc1ccccc1)NC(=O)CNC(=O)CNC(=O)[C@@H](N)Cc1ccc(O)cc1)C(=O)N1CCC[C@@H]1C(N)=O. The molecule has 6 amide bonds. The van der Waals surface area contributed by atoms with E-state index in [1.165, 1.54) is 28.8 Å². The first-order valence-electron chi connectivity index (χ1n) is 15.3. The first-order chi connectivity index (χ1) is 22.5. The van der Waals surface area contributed by atoms with E-state index in [4.69, 9.17) is 11.5 Å². The number of phenolic OH excluding ortho intramolecular Hbond substituents is 1. The Labute approximate surface area is 277 Å². The van der Waals surface area contributed by atoms with Gasteiger partial charge in [0.15, 0.2) is 0 Å². The molecule has 0 aliphatic carbocycles. The average Bonchev–Trinajstić information content (AvgIpc) is 3.56. The molecule has 0 unspecified atom stereocenters. The van der Waals surface area contributed by atoms with Gasteiger partial charge in [0.05, 0.1) is 19.1 Å². The summed E-state index contributed by atoms with van der Waals surface area (Å²) in [5.41, 5.74) is 12.9. The van der Waals surface area contributed by atoms with Crippen LogP contribution in [0.25, 0.3) is 0 Å². The maximum absolute atomic E-state index is 13.6. The van der Waals surface area contributed by atoms with Crippen molar-refractivity contribution >= 4 is 47.2 Å². The number of primary amides is 1. The Balaban J connectivity index is 1.58. The fourth-order valence-electron chi connectivity index (χ4n) is 5.11. The lowest BCUT2D eigenvalue weighted by molar-refractivity contribution is -0.141. The number of hydrogen-bond donors (Lipinski definition) is 7. The molecule has 0 aromatic heterocycles. The second kappa shape index (κ2) is 18.5. The van der Waals surface area contributed by atoms with Gasteiger partial charge in [-0.2, -0.15) is 11.8 Å². The second-order valence-corrected chi connectivity index (χ2v) is 12.2. The molecule has 15 heteroatoms. The molecule has 0 spiro atoms. The molecule has 2 aromatic rings. The van der Waals surface area contributed by atoms with Crippen molar-refractivity contribution in [3.05, 3.63) is 65.7 Å². The van der Waals surface area contributed by atoms with Crippen LogP contribution in [0.3, 0.4) is 0 Å². The van der Waals surface area contributed by atoms with Crippen LogP contribution in [0, 0.1) is 0 Å². The van der Waals surface area contributed by atoms with Crippen LogP contribution in [-0.4, -0.2) is 101 Å². The Kier molecular flexibility index (Phi) is 14.5. The van der Waals surface area contributed by atoms with Crippen LogP contribution in [0.1, 0.15) is 30.4 Å². The molecule has 0 bridgehead atoms. The third-order valence-electron chi connectivity index (χ3n) is 7.62. The Bertz CT molecular complexity index is 1390. The standard InChI is InChI=1S/C32H43N7O7S/c1-47-15-13-24(32(46)39-14-5-8-26(39)29(34)43)38-31(45)25(17-20-6-3-2-4-7-20)37-28(42)19-35-27(41)18-36-30(44)23(33)16-21-9-11-22(40)12-10-21/h2-4,6-7,9-12,23-26,40H,5,8,13-19,33H2,1H3,(H2,34,43)(H,35,41)(H,36,44)(H,37,42)(H,38,45)/t23-,24-,25-,26+/m0/s1. The lowest BCUT2D eigenvalue weighted by Crippen LogP contribution is -2.57. The fraction of sp³-hybridized carbons (Fsp3) is 0.438. The van der Waals surface area contributed by atoms with Crippen molar-refractivity contribution in [2.45, 2.75) is 56.3 Å². The molecule has 1 aliphatic rings. The first-order valence-corrected chi connectivity index (χ1v) is 16.7. The van der Waals surface area contributed by atoms with Gasteiger partial charge in [-0.3, -0.25) is 28.8 Å². The number of phenols is 1. The van der Waals surface area contributed by atoms with Crippen molar-refractivity contribution in [3.8, 4) is 5.75 Å². The number of likely N-dealkylation sites (tertiary alicyclic amines) is 1. The van der Waals surface area contributed by atoms with E-state index in [1.54, 1.807) is 36.4 Å². The summed E-state index contributed by atoms with van der Waals surface area (Å²) in [6, 6.07) is 11.5. The minimum atomic E-state index is -1.09. The van der Waals surface area contributed by atoms with Gasteiger partial charge in [0.1, 0.15) is 23.9 Å². The summed E-state index contributed by atoms with van der Waals surface area (Å²) < 4.78 is 0. The highest BCUT2D eigenvalue weighted by atomic mass is 32.2. The molecule has 14 nitrogen and oxygen atoms in total. The molecule has 1 aliphatic heterocycles. The summed E-state index contributed by atoms with van der Waals surface area (Å²) in [4.78, 5) is 78.0. The average molecular weight is 670 g/mol. The van der Waals surface area contributed by atoms with Gasteiger partial charge in [-0.05, 0) is 61.0 Å². The summed E-state index contributed by atoms with van der Waals surface area (Å²) in [5.74, 6) is -2.84.